The zero-order valence-electron chi connectivity index (χ0n) is 16.9. The summed E-state index contributed by atoms with van der Waals surface area (Å²) in [7, 11) is 0. The number of amides is 3. The summed E-state index contributed by atoms with van der Waals surface area (Å²) >= 11 is 0. The van der Waals surface area contributed by atoms with Crippen LogP contribution in [-0.2, 0) is 4.79 Å². The molecule has 1 atom stereocenters. The third-order valence-electron chi connectivity index (χ3n) is 4.76. The van der Waals surface area contributed by atoms with E-state index in [-0.39, 0.29) is 11.7 Å². The highest BCUT2D eigenvalue weighted by molar-refractivity contribution is 6.07. The molecule has 3 amide bonds. The molecule has 3 rings (SSSR count). The molecule has 0 fully saturated rings. The van der Waals surface area contributed by atoms with Gasteiger partial charge < -0.3 is 25.8 Å². The second kappa shape index (κ2) is 8.26. The number of aromatic hydroxyl groups is 1. The van der Waals surface area contributed by atoms with E-state index in [2.05, 4.69) is 16.0 Å². The van der Waals surface area contributed by atoms with Crippen molar-refractivity contribution in [3.8, 4) is 11.5 Å². The van der Waals surface area contributed by atoms with Crippen molar-refractivity contribution in [2.45, 2.75) is 33.7 Å². The van der Waals surface area contributed by atoms with E-state index in [1.165, 1.54) is 6.07 Å². The summed E-state index contributed by atoms with van der Waals surface area (Å²) in [6, 6.07) is 9.47. The van der Waals surface area contributed by atoms with E-state index < -0.39 is 12.1 Å². The van der Waals surface area contributed by atoms with Crippen LogP contribution in [-0.4, -0.2) is 23.7 Å². The Bertz CT molecular complexity index is 998. The van der Waals surface area contributed by atoms with Gasteiger partial charge in [-0.3, -0.25) is 4.79 Å². The van der Waals surface area contributed by atoms with E-state index in [9.17, 15) is 14.7 Å². The Hall–Kier alpha value is -3.48. The van der Waals surface area contributed by atoms with E-state index in [0.29, 0.717) is 34.9 Å². The van der Waals surface area contributed by atoms with Crippen LogP contribution in [0.3, 0.4) is 0 Å². The number of urea groups is 1. The van der Waals surface area contributed by atoms with Gasteiger partial charge in [-0.2, -0.15) is 0 Å². The average molecular weight is 395 g/mol. The Morgan fingerprint density at radius 1 is 1.17 bits per heavy atom. The Balaban J connectivity index is 1.98. The second-order valence-corrected chi connectivity index (χ2v) is 7.00. The van der Waals surface area contributed by atoms with Gasteiger partial charge in [-0.1, -0.05) is 23.8 Å². The Morgan fingerprint density at radius 3 is 2.62 bits per heavy atom. The average Bonchev–Trinajstić information content (AvgIpc) is 2.65. The fraction of sp³-hybridized carbons (Fsp3) is 0.273. The molecule has 7 heteroatoms. The summed E-state index contributed by atoms with van der Waals surface area (Å²) in [5, 5.41) is 18.4. The molecule has 2 aromatic carbocycles. The molecule has 0 bridgehead atoms. The highest BCUT2D eigenvalue weighted by atomic mass is 16.5. The first-order valence-electron chi connectivity index (χ1n) is 9.42. The zero-order valence-corrected chi connectivity index (χ0v) is 16.9. The highest BCUT2D eigenvalue weighted by Crippen LogP contribution is 2.34. The fourth-order valence-electron chi connectivity index (χ4n) is 3.37. The van der Waals surface area contributed by atoms with Gasteiger partial charge in [-0.25, -0.2) is 4.79 Å². The number of aryl methyl sites for hydroxylation is 2. The lowest BCUT2D eigenvalue weighted by Crippen LogP contribution is -2.46. The zero-order chi connectivity index (χ0) is 21.1. The lowest BCUT2D eigenvalue weighted by atomic mass is 9.94. The number of hydrogen-bond acceptors (Lipinski definition) is 4. The van der Waals surface area contributed by atoms with Crippen molar-refractivity contribution in [2.24, 2.45) is 0 Å². The van der Waals surface area contributed by atoms with Crippen molar-refractivity contribution in [3.63, 3.8) is 0 Å². The third kappa shape index (κ3) is 4.34. The van der Waals surface area contributed by atoms with Crippen molar-refractivity contribution < 1.29 is 19.4 Å². The monoisotopic (exact) mass is 395 g/mol. The molecule has 29 heavy (non-hydrogen) atoms. The van der Waals surface area contributed by atoms with Crippen molar-refractivity contribution in [2.75, 3.05) is 11.9 Å². The largest absolute Gasteiger partial charge is 0.504 e. The minimum atomic E-state index is -0.686. The number of nitrogens with one attached hydrogen (secondary N) is 3. The van der Waals surface area contributed by atoms with Crippen molar-refractivity contribution in [3.05, 3.63) is 64.4 Å². The van der Waals surface area contributed by atoms with Gasteiger partial charge in [0.15, 0.2) is 11.5 Å². The molecule has 1 aliphatic rings. The molecule has 4 N–H and O–H groups in total. The van der Waals surface area contributed by atoms with Crippen LogP contribution in [0.15, 0.2) is 47.7 Å². The number of carbonyl (C=O) groups is 2. The van der Waals surface area contributed by atoms with Crippen LogP contribution in [0.25, 0.3) is 0 Å². The quantitative estimate of drug-likeness (QED) is 0.621. The summed E-state index contributed by atoms with van der Waals surface area (Å²) in [6.07, 6.45) is 0. The molecule has 7 nitrogen and oxygen atoms in total. The van der Waals surface area contributed by atoms with Gasteiger partial charge in [0.25, 0.3) is 5.91 Å². The molecule has 0 unspecified atom stereocenters. The lowest BCUT2D eigenvalue weighted by molar-refractivity contribution is -0.113. The molecule has 0 saturated carbocycles. The van der Waals surface area contributed by atoms with Crippen LogP contribution >= 0.6 is 0 Å². The molecule has 1 heterocycles. The standard InChI is InChI=1S/C22H25N3O4/c1-5-29-18-11-15(7-9-17(18)26)20-19(14(4)23-22(28)25-20)21(27)24-16-8-6-12(2)10-13(16)3/h6-11,20,26H,5H2,1-4H3,(H,24,27)(H2,23,25,28)/t20-/m1/s1. The van der Waals surface area contributed by atoms with Gasteiger partial charge in [-0.05, 0) is 57.0 Å². The van der Waals surface area contributed by atoms with Gasteiger partial charge in [0.05, 0.1) is 18.2 Å². The first kappa shape index (κ1) is 20.3. The summed E-state index contributed by atoms with van der Waals surface area (Å²) in [4.78, 5) is 25.2. The van der Waals surface area contributed by atoms with E-state index >= 15 is 0 Å². The number of phenols is 1. The summed E-state index contributed by atoms with van der Waals surface area (Å²) in [5.41, 5.74) is 4.24. The maximum absolute atomic E-state index is 13.1. The minimum Gasteiger partial charge on any atom is -0.504 e. The summed E-state index contributed by atoms with van der Waals surface area (Å²) < 4.78 is 5.45. The van der Waals surface area contributed by atoms with E-state index in [1.807, 2.05) is 39.0 Å². The van der Waals surface area contributed by atoms with Crippen LogP contribution in [0, 0.1) is 13.8 Å². The number of allylic oxidation sites excluding steroid dienone is 1. The fourth-order valence-corrected chi connectivity index (χ4v) is 3.37. The van der Waals surface area contributed by atoms with Gasteiger partial charge in [0, 0.05) is 11.4 Å². The van der Waals surface area contributed by atoms with Crippen LogP contribution in [0.2, 0.25) is 0 Å². The number of hydrogen-bond donors (Lipinski definition) is 4. The molecule has 0 radical (unpaired) electrons. The SMILES string of the molecule is CCOc1cc([C@H]2NC(=O)NC(C)=C2C(=O)Nc2ccc(C)cc2C)ccc1O. The normalized spacial score (nSPS) is 16.1. The van der Waals surface area contributed by atoms with Gasteiger partial charge in [0.2, 0.25) is 0 Å². The smallest absolute Gasteiger partial charge is 0.319 e. The predicted octanol–water partition coefficient (Wildman–Crippen LogP) is 3.67. The molecular formula is C22H25N3O4. The first-order valence-corrected chi connectivity index (χ1v) is 9.42. The van der Waals surface area contributed by atoms with Gasteiger partial charge in [-0.15, -0.1) is 0 Å². The predicted molar refractivity (Wildman–Crippen MR) is 111 cm³/mol. The number of carbonyl (C=O) groups excluding carboxylic acids is 2. The Morgan fingerprint density at radius 2 is 1.93 bits per heavy atom. The summed E-state index contributed by atoms with van der Waals surface area (Å²) in [6.45, 7) is 7.79. The van der Waals surface area contributed by atoms with Crippen LogP contribution in [0.5, 0.6) is 11.5 Å². The number of phenolic OH excluding ortho intramolecular Hbond substituents is 1. The molecule has 1 aliphatic heterocycles. The maximum atomic E-state index is 13.1. The Labute approximate surface area is 169 Å². The van der Waals surface area contributed by atoms with Crippen molar-refractivity contribution >= 4 is 17.6 Å². The highest BCUT2D eigenvalue weighted by Gasteiger charge is 2.32. The van der Waals surface area contributed by atoms with Gasteiger partial charge in [0.1, 0.15) is 0 Å². The number of rotatable bonds is 5. The van der Waals surface area contributed by atoms with E-state index in [4.69, 9.17) is 4.74 Å². The number of ether oxygens (including phenoxy) is 1. The van der Waals surface area contributed by atoms with Gasteiger partial charge >= 0.3 is 6.03 Å². The molecule has 0 aromatic heterocycles. The molecule has 152 valence electrons. The molecule has 0 spiro atoms. The van der Waals surface area contributed by atoms with Crippen molar-refractivity contribution in [1.82, 2.24) is 10.6 Å². The number of anilines is 1. The first-order chi connectivity index (χ1) is 13.8. The van der Waals surface area contributed by atoms with E-state index in [0.717, 1.165) is 11.1 Å². The van der Waals surface area contributed by atoms with Crippen LogP contribution in [0.1, 0.15) is 36.6 Å². The molecular weight excluding hydrogens is 370 g/mol. The summed E-state index contributed by atoms with van der Waals surface area (Å²) in [5.74, 6) is -0.0274. The topological polar surface area (TPSA) is 99.7 Å². The minimum absolute atomic E-state index is 0.00200. The maximum Gasteiger partial charge on any atom is 0.319 e. The lowest BCUT2D eigenvalue weighted by Gasteiger charge is -2.29. The number of benzene rings is 2. The second-order valence-electron chi connectivity index (χ2n) is 7.00. The van der Waals surface area contributed by atoms with Crippen LogP contribution < -0.4 is 20.7 Å². The molecule has 0 aliphatic carbocycles. The van der Waals surface area contributed by atoms with Crippen molar-refractivity contribution in [1.29, 1.82) is 0 Å². The molecule has 2 aromatic rings. The Kier molecular flexibility index (Phi) is 5.77. The van der Waals surface area contributed by atoms with Crippen LogP contribution in [0.4, 0.5) is 10.5 Å². The molecule has 0 saturated heterocycles. The van der Waals surface area contributed by atoms with E-state index in [1.54, 1.807) is 19.1 Å². The third-order valence-corrected chi connectivity index (χ3v) is 4.76.